The molecule has 0 spiro atoms. The number of aromatic nitrogens is 1. The van der Waals surface area contributed by atoms with Crippen molar-refractivity contribution in [1.29, 1.82) is 0 Å². The molecule has 0 aliphatic carbocycles. The molecule has 0 atom stereocenters. The Morgan fingerprint density at radius 3 is 2.27 bits per heavy atom. The van der Waals surface area contributed by atoms with Crippen molar-refractivity contribution in [2.45, 2.75) is 6.92 Å². The van der Waals surface area contributed by atoms with Crippen molar-refractivity contribution in [3.63, 3.8) is 0 Å². The Morgan fingerprint density at radius 1 is 0.885 bits per heavy atom. The number of nitrogen functional groups attached to an aromatic ring is 1. The predicted octanol–water partition coefficient (Wildman–Crippen LogP) is 2.28. The number of hydrogen-bond acceptors (Lipinski definition) is 4. The number of nitrogens with one attached hydrogen (secondary N) is 1. The van der Waals surface area contributed by atoms with Crippen LogP contribution < -0.4 is 16.6 Å². The molecular formula is C20H15N3O3. The quantitative estimate of drug-likeness (QED) is 0.697. The molecule has 3 aromatic rings. The summed E-state index contributed by atoms with van der Waals surface area (Å²) in [6.07, 6.45) is 0. The first-order chi connectivity index (χ1) is 12.5. The molecule has 1 aliphatic heterocycles. The maximum atomic E-state index is 12.5. The minimum atomic E-state index is -0.601. The molecule has 2 heterocycles. The summed E-state index contributed by atoms with van der Waals surface area (Å²) in [6.45, 7) is 2.03. The topological polar surface area (TPSA) is 94.2 Å². The zero-order chi connectivity index (χ0) is 18.4. The SMILES string of the molecule is Cc1ccccc1-c1ccc(-n2c(N)c3c(cc2=O)C(=O)NC3=O)cc1. The standard InChI is InChI=1S/C20H15N3O3/c1-11-4-2-3-5-14(11)12-6-8-13(9-7-12)23-16(24)10-15-17(18(23)21)20(26)22-19(15)25/h2-10H,21H2,1H3,(H,22,25,26). The van der Waals surface area contributed by atoms with Crippen LogP contribution in [0.25, 0.3) is 16.8 Å². The fourth-order valence-corrected chi connectivity index (χ4v) is 3.23. The Morgan fingerprint density at radius 2 is 1.58 bits per heavy atom. The van der Waals surface area contributed by atoms with E-state index < -0.39 is 17.4 Å². The van der Waals surface area contributed by atoms with E-state index in [0.717, 1.165) is 22.8 Å². The van der Waals surface area contributed by atoms with Crippen LogP contribution in [0.5, 0.6) is 0 Å². The number of hydrogen-bond donors (Lipinski definition) is 2. The highest BCUT2D eigenvalue weighted by Gasteiger charge is 2.31. The summed E-state index contributed by atoms with van der Waals surface area (Å²) in [5, 5.41) is 2.16. The van der Waals surface area contributed by atoms with Crippen LogP contribution in [0.1, 0.15) is 26.3 Å². The number of carbonyl (C=O) groups is 2. The van der Waals surface area contributed by atoms with Gasteiger partial charge < -0.3 is 5.73 Å². The van der Waals surface area contributed by atoms with Crippen LogP contribution in [-0.4, -0.2) is 16.4 Å². The van der Waals surface area contributed by atoms with E-state index in [1.807, 2.05) is 43.3 Å². The lowest BCUT2D eigenvalue weighted by molar-refractivity contribution is 0.0880. The maximum Gasteiger partial charge on any atom is 0.262 e. The van der Waals surface area contributed by atoms with E-state index in [4.69, 9.17) is 5.73 Å². The fourth-order valence-electron chi connectivity index (χ4n) is 3.23. The number of benzene rings is 2. The number of carbonyl (C=O) groups excluding carboxylic acids is 2. The summed E-state index contributed by atoms with van der Waals surface area (Å²) < 4.78 is 1.23. The highest BCUT2D eigenvalue weighted by atomic mass is 16.2. The number of pyridine rings is 1. The molecule has 4 rings (SSSR count). The molecule has 0 saturated carbocycles. The average Bonchev–Trinajstić information content (AvgIpc) is 2.90. The highest BCUT2D eigenvalue weighted by molar-refractivity contribution is 6.23. The lowest BCUT2D eigenvalue weighted by Crippen LogP contribution is -2.24. The second-order valence-electron chi connectivity index (χ2n) is 6.14. The van der Waals surface area contributed by atoms with E-state index in [-0.39, 0.29) is 16.9 Å². The van der Waals surface area contributed by atoms with E-state index in [0.29, 0.717) is 5.69 Å². The molecule has 0 unspecified atom stereocenters. The molecule has 1 aromatic heterocycles. The number of aryl methyl sites for hydroxylation is 1. The predicted molar refractivity (Wildman–Crippen MR) is 98.4 cm³/mol. The van der Waals surface area contributed by atoms with E-state index in [1.165, 1.54) is 4.57 Å². The third-order valence-corrected chi connectivity index (χ3v) is 4.53. The normalized spacial score (nSPS) is 12.8. The Balaban J connectivity index is 1.84. The van der Waals surface area contributed by atoms with Gasteiger partial charge in [0.05, 0.1) is 16.8 Å². The van der Waals surface area contributed by atoms with Crippen LogP contribution in [-0.2, 0) is 0 Å². The molecular weight excluding hydrogens is 330 g/mol. The van der Waals surface area contributed by atoms with Crippen LogP contribution in [0.4, 0.5) is 5.82 Å². The van der Waals surface area contributed by atoms with Crippen LogP contribution in [0, 0.1) is 6.92 Å². The Kier molecular flexibility index (Phi) is 3.47. The molecule has 0 saturated heterocycles. The lowest BCUT2D eigenvalue weighted by atomic mass is 10.0. The average molecular weight is 345 g/mol. The fraction of sp³-hybridized carbons (Fsp3) is 0.0500. The van der Waals surface area contributed by atoms with Gasteiger partial charge in [-0.3, -0.25) is 24.3 Å². The lowest BCUT2D eigenvalue weighted by Gasteiger charge is -2.13. The van der Waals surface area contributed by atoms with Crippen molar-refractivity contribution in [2.75, 3.05) is 5.73 Å². The Hall–Kier alpha value is -3.67. The van der Waals surface area contributed by atoms with E-state index in [1.54, 1.807) is 12.1 Å². The van der Waals surface area contributed by atoms with Gasteiger partial charge in [0.15, 0.2) is 0 Å². The van der Waals surface area contributed by atoms with Crippen LogP contribution in [0.3, 0.4) is 0 Å². The van der Waals surface area contributed by atoms with Gasteiger partial charge in [0.1, 0.15) is 5.82 Å². The van der Waals surface area contributed by atoms with Crippen molar-refractivity contribution in [2.24, 2.45) is 0 Å². The van der Waals surface area contributed by atoms with Gasteiger partial charge in [-0.2, -0.15) is 0 Å². The Bertz CT molecular complexity index is 1130. The van der Waals surface area contributed by atoms with Crippen LogP contribution >= 0.6 is 0 Å². The van der Waals surface area contributed by atoms with Crippen molar-refractivity contribution < 1.29 is 9.59 Å². The van der Waals surface area contributed by atoms with E-state index in [2.05, 4.69) is 5.32 Å². The summed E-state index contributed by atoms with van der Waals surface area (Å²) >= 11 is 0. The second-order valence-corrected chi connectivity index (χ2v) is 6.14. The van der Waals surface area contributed by atoms with Gasteiger partial charge in [-0.25, -0.2) is 0 Å². The zero-order valence-corrected chi connectivity index (χ0v) is 13.9. The minimum Gasteiger partial charge on any atom is -0.384 e. The number of fused-ring (bicyclic) bond motifs is 1. The van der Waals surface area contributed by atoms with Crippen LogP contribution in [0.15, 0.2) is 59.4 Å². The molecule has 6 nitrogen and oxygen atoms in total. The number of amides is 2. The summed E-state index contributed by atoms with van der Waals surface area (Å²) in [7, 11) is 0. The second kappa shape index (κ2) is 5.70. The van der Waals surface area contributed by atoms with Crippen molar-refractivity contribution in [1.82, 2.24) is 9.88 Å². The van der Waals surface area contributed by atoms with Gasteiger partial charge >= 0.3 is 0 Å². The van der Waals surface area contributed by atoms with Crippen molar-refractivity contribution >= 4 is 17.6 Å². The minimum absolute atomic E-state index is 0.0188. The molecule has 128 valence electrons. The molecule has 3 N–H and O–H groups in total. The van der Waals surface area contributed by atoms with Crippen molar-refractivity contribution in [3.05, 3.63) is 81.6 Å². The molecule has 2 aromatic carbocycles. The number of rotatable bonds is 2. The maximum absolute atomic E-state index is 12.5. The van der Waals surface area contributed by atoms with Gasteiger partial charge in [0.2, 0.25) is 0 Å². The van der Waals surface area contributed by atoms with E-state index in [9.17, 15) is 14.4 Å². The third-order valence-electron chi connectivity index (χ3n) is 4.53. The van der Waals surface area contributed by atoms with Crippen LogP contribution in [0.2, 0.25) is 0 Å². The van der Waals surface area contributed by atoms with Gasteiger partial charge in [-0.1, -0.05) is 36.4 Å². The number of anilines is 1. The monoisotopic (exact) mass is 345 g/mol. The first-order valence-corrected chi connectivity index (χ1v) is 8.05. The summed E-state index contributed by atoms with van der Waals surface area (Å²) in [5.41, 5.74) is 9.41. The van der Waals surface area contributed by atoms with Gasteiger partial charge in [0, 0.05) is 6.07 Å². The first kappa shape index (κ1) is 15.8. The summed E-state index contributed by atoms with van der Waals surface area (Å²) in [5.74, 6) is -1.23. The van der Waals surface area contributed by atoms with Gasteiger partial charge in [-0.05, 0) is 35.7 Å². The molecule has 1 aliphatic rings. The molecule has 6 heteroatoms. The number of nitrogens with two attached hydrogens (primary N) is 1. The summed E-state index contributed by atoms with van der Waals surface area (Å²) in [4.78, 5) is 36.1. The first-order valence-electron chi connectivity index (χ1n) is 8.05. The molecule has 26 heavy (non-hydrogen) atoms. The van der Waals surface area contributed by atoms with E-state index >= 15 is 0 Å². The molecule has 2 amide bonds. The van der Waals surface area contributed by atoms with Crippen molar-refractivity contribution in [3.8, 4) is 16.8 Å². The molecule has 0 radical (unpaired) electrons. The number of nitrogens with zero attached hydrogens (tertiary/aromatic N) is 1. The number of imide groups is 1. The molecule has 0 bridgehead atoms. The van der Waals surface area contributed by atoms with Gasteiger partial charge in [-0.15, -0.1) is 0 Å². The summed E-state index contributed by atoms with van der Waals surface area (Å²) in [6, 6.07) is 16.4. The Labute approximate surface area is 148 Å². The molecule has 0 fully saturated rings. The van der Waals surface area contributed by atoms with Gasteiger partial charge in [0.25, 0.3) is 17.4 Å². The largest absolute Gasteiger partial charge is 0.384 e. The third kappa shape index (κ3) is 2.31. The zero-order valence-electron chi connectivity index (χ0n) is 13.9. The highest BCUT2D eigenvalue weighted by Crippen LogP contribution is 2.26. The smallest absolute Gasteiger partial charge is 0.262 e.